The van der Waals surface area contributed by atoms with E-state index in [1.54, 1.807) is 11.8 Å². The van der Waals surface area contributed by atoms with Gasteiger partial charge in [-0.15, -0.1) is 0 Å². The van der Waals surface area contributed by atoms with Crippen LogP contribution in [0.1, 0.15) is 51.0 Å². The predicted octanol–water partition coefficient (Wildman–Crippen LogP) is 9.40. The zero-order chi connectivity index (χ0) is 29.0. The van der Waals surface area contributed by atoms with E-state index in [4.69, 9.17) is 0 Å². The lowest BCUT2D eigenvalue weighted by Gasteiger charge is -2.22. The third-order valence-corrected chi connectivity index (χ3v) is 8.73. The monoisotopic (exact) mass is 572 g/mol. The van der Waals surface area contributed by atoms with E-state index in [1.807, 2.05) is 6.07 Å². The van der Waals surface area contributed by atoms with Crippen LogP contribution < -0.4 is 16.0 Å². The number of hydrogen-bond acceptors (Lipinski definition) is 5. The third kappa shape index (κ3) is 8.44. The van der Waals surface area contributed by atoms with Crippen molar-refractivity contribution in [1.29, 1.82) is 5.26 Å². The molecule has 0 aliphatic heterocycles. The second kappa shape index (κ2) is 15.2. The molecule has 0 bridgehead atoms. The highest BCUT2D eigenvalue weighted by Crippen LogP contribution is 2.30. The highest BCUT2D eigenvalue weighted by molar-refractivity contribution is 7.99. The summed E-state index contributed by atoms with van der Waals surface area (Å²) in [6.07, 6.45) is 13.1. The molecule has 0 unspecified atom stereocenters. The van der Waals surface area contributed by atoms with E-state index in [1.165, 1.54) is 38.6 Å². The molecule has 2 aliphatic carbocycles. The van der Waals surface area contributed by atoms with Gasteiger partial charge in [-0.3, -0.25) is 0 Å². The number of hydrogen-bond donors (Lipinski definition) is 3. The van der Waals surface area contributed by atoms with Gasteiger partial charge < -0.3 is 16.0 Å². The van der Waals surface area contributed by atoms with Gasteiger partial charge in [-0.25, -0.2) is 0 Å². The summed E-state index contributed by atoms with van der Waals surface area (Å²) < 4.78 is 0. The Kier molecular flexibility index (Phi) is 10.6. The van der Waals surface area contributed by atoms with Gasteiger partial charge in [-0.05, 0) is 109 Å². The Morgan fingerprint density at radius 2 is 1.43 bits per heavy atom. The topological polar surface area (TPSA) is 59.9 Å². The molecule has 214 valence electrons. The molecular weight excluding hydrogens is 533 g/mol. The number of nitriles is 1. The molecule has 3 aromatic rings. The van der Waals surface area contributed by atoms with Crippen LogP contribution in [0, 0.1) is 11.3 Å². The van der Waals surface area contributed by atoms with Crippen LogP contribution in [0.15, 0.2) is 135 Å². The summed E-state index contributed by atoms with van der Waals surface area (Å²) in [6.45, 7) is 4.61. The van der Waals surface area contributed by atoms with Crippen LogP contribution in [0.25, 0.3) is 0 Å². The van der Waals surface area contributed by atoms with Crippen LogP contribution in [-0.4, -0.2) is 13.1 Å². The van der Waals surface area contributed by atoms with Crippen molar-refractivity contribution in [3.63, 3.8) is 0 Å². The lowest BCUT2D eigenvalue weighted by molar-refractivity contribution is 0.732. The van der Waals surface area contributed by atoms with E-state index in [2.05, 4.69) is 120 Å². The average Bonchev–Trinajstić information content (AvgIpc) is 3.04. The molecule has 2 aliphatic rings. The Labute approximate surface area is 255 Å². The fourth-order valence-corrected chi connectivity index (χ4v) is 6.16. The van der Waals surface area contributed by atoms with Crippen molar-refractivity contribution in [2.24, 2.45) is 0 Å². The van der Waals surface area contributed by atoms with Crippen LogP contribution in [0.3, 0.4) is 0 Å². The van der Waals surface area contributed by atoms with E-state index in [0.717, 1.165) is 67.7 Å². The van der Waals surface area contributed by atoms with E-state index in [9.17, 15) is 5.26 Å². The summed E-state index contributed by atoms with van der Waals surface area (Å²) >= 11 is 1.76. The normalized spacial score (nSPS) is 14.8. The molecule has 5 rings (SSSR count). The standard InChI is InChI=1S/C37H40N4S/c1-2-8-29-11-6-7-12-31(29)26-41-35-14-13-30(24-38)32(23-35)27-40-34-17-21-37(22-18-34)42-36-19-15-33(16-20-36)39-25-28-9-4-3-5-10-28/h3-6,9-11,15-23,39-41H,2,7-8,12-14,25-27H2,1H3. The summed E-state index contributed by atoms with van der Waals surface area (Å²) in [4.78, 5) is 2.40. The minimum Gasteiger partial charge on any atom is -0.385 e. The molecule has 5 heteroatoms. The van der Waals surface area contributed by atoms with Gasteiger partial charge in [0.1, 0.15) is 0 Å². The molecule has 4 nitrogen and oxygen atoms in total. The molecule has 0 atom stereocenters. The first-order chi connectivity index (χ1) is 20.7. The van der Waals surface area contributed by atoms with Crippen molar-refractivity contribution in [3.8, 4) is 6.07 Å². The highest BCUT2D eigenvalue weighted by Gasteiger charge is 2.15. The Balaban J connectivity index is 1.13. The molecule has 0 aromatic heterocycles. The van der Waals surface area contributed by atoms with Crippen LogP contribution >= 0.6 is 11.8 Å². The number of nitrogens with zero attached hydrogens (tertiary/aromatic N) is 1. The second-order valence-electron chi connectivity index (χ2n) is 10.8. The summed E-state index contributed by atoms with van der Waals surface area (Å²) in [5.74, 6) is 0. The maximum absolute atomic E-state index is 9.74. The zero-order valence-electron chi connectivity index (χ0n) is 24.5. The predicted molar refractivity (Wildman–Crippen MR) is 178 cm³/mol. The number of allylic oxidation sites excluding steroid dienone is 5. The smallest absolute Gasteiger partial charge is 0.0950 e. The van der Waals surface area contributed by atoms with Gasteiger partial charge in [0.05, 0.1) is 6.07 Å². The van der Waals surface area contributed by atoms with Gasteiger partial charge in [-0.2, -0.15) is 5.26 Å². The molecule has 0 radical (unpaired) electrons. The molecule has 0 spiro atoms. The van der Waals surface area contributed by atoms with Gasteiger partial charge in [0, 0.05) is 52.1 Å². The van der Waals surface area contributed by atoms with Crippen molar-refractivity contribution >= 4 is 23.1 Å². The quantitative estimate of drug-likeness (QED) is 0.190. The van der Waals surface area contributed by atoms with Crippen LogP contribution in [0.5, 0.6) is 0 Å². The Bertz CT molecular complexity index is 1490. The Morgan fingerprint density at radius 1 is 0.738 bits per heavy atom. The first-order valence-electron chi connectivity index (χ1n) is 15.0. The molecule has 0 fully saturated rings. The van der Waals surface area contributed by atoms with Gasteiger partial charge in [0.15, 0.2) is 0 Å². The Morgan fingerprint density at radius 3 is 2.10 bits per heavy atom. The molecule has 42 heavy (non-hydrogen) atoms. The molecule has 0 saturated carbocycles. The third-order valence-electron chi connectivity index (χ3n) is 7.72. The van der Waals surface area contributed by atoms with Crippen LogP contribution in [-0.2, 0) is 6.54 Å². The second-order valence-corrected chi connectivity index (χ2v) is 11.9. The first kappa shape index (κ1) is 29.4. The lowest BCUT2D eigenvalue weighted by Crippen LogP contribution is -2.21. The van der Waals surface area contributed by atoms with Crippen molar-refractivity contribution in [1.82, 2.24) is 5.32 Å². The van der Waals surface area contributed by atoms with E-state index >= 15 is 0 Å². The Hall–Kier alpha value is -4.14. The van der Waals surface area contributed by atoms with Crippen molar-refractivity contribution in [3.05, 3.63) is 131 Å². The number of anilines is 2. The number of nitrogens with one attached hydrogen (secondary N) is 3. The molecule has 3 aromatic carbocycles. The van der Waals surface area contributed by atoms with Crippen molar-refractivity contribution < 1.29 is 0 Å². The van der Waals surface area contributed by atoms with E-state index in [-0.39, 0.29) is 0 Å². The minimum atomic E-state index is 0.643. The summed E-state index contributed by atoms with van der Waals surface area (Å²) in [5.41, 5.74) is 9.67. The molecule has 0 heterocycles. The lowest BCUT2D eigenvalue weighted by atomic mass is 9.93. The average molecular weight is 573 g/mol. The van der Waals surface area contributed by atoms with Gasteiger partial charge in [0.25, 0.3) is 0 Å². The fourth-order valence-electron chi connectivity index (χ4n) is 5.34. The zero-order valence-corrected chi connectivity index (χ0v) is 25.3. The van der Waals surface area contributed by atoms with Crippen LogP contribution in [0.4, 0.5) is 11.4 Å². The number of rotatable bonds is 13. The van der Waals surface area contributed by atoms with Crippen molar-refractivity contribution in [2.45, 2.75) is 61.8 Å². The van der Waals surface area contributed by atoms with Gasteiger partial charge in [-0.1, -0.05) is 67.6 Å². The molecule has 0 amide bonds. The first-order valence-corrected chi connectivity index (χ1v) is 15.9. The number of benzene rings is 3. The minimum absolute atomic E-state index is 0.643. The van der Waals surface area contributed by atoms with Gasteiger partial charge >= 0.3 is 0 Å². The summed E-state index contributed by atoms with van der Waals surface area (Å²) in [7, 11) is 0. The SMILES string of the molecule is CCCC1=C(CNC2=CC(CNc3ccc(Sc4ccc(NCc5ccccc5)cc4)cc3)=C(C#N)CC2)CCC=C1. The summed E-state index contributed by atoms with van der Waals surface area (Å²) in [6, 6.07) is 30.0. The maximum Gasteiger partial charge on any atom is 0.0950 e. The largest absolute Gasteiger partial charge is 0.385 e. The van der Waals surface area contributed by atoms with Crippen LogP contribution in [0.2, 0.25) is 0 Å². The van der Waals surface area contributed by atoms with Gasteiger partial charge in [0.2, 0.25) is 0 Å². The highest BCUT2D eigenvalue weighted by atomic mass is 32.2. The van der Waals surface area contributed by atoms with Crippen molar-refractivity contribution in [2.75, 3.05) is 23.7 Å². The fraction of sp³-hybridized carbons (Fsp3) is 0.270. The van der Waals surface area contributed by atoms with E-state index < -0.39 is 0 Å². The summed E-state index contributed by atoms with van der Waals surface area (Å²) in [5, 5.41) is 20.5. The maximum atomic E-state index is 9.74. The molecular formula is C37H40N4S. The van der Waals surface area contributed by atoms with E-state index in [0.29, 0.717) is 6.54 Å². The molecule has 3 N–H and O–H groups in total. The molecule has 0 saturated heterocycles.